The summed E-state index contributed by atoms with van der Waals surface area (Å²) in [5.41, 5.74) is 1.07. The third-order valence-corrected chi connectivity index (χ3v) is 10.3. The lowest BCUT2D eigenvalue weighted by atomic mass is 9.64. The molecule has 5 rings (SSSR count). The Morgan fingerprint density at radius 2 is 1.82 bits per heavy atom. The standard InChI is InChI=1S/C27H25F3O2S/c1-2-26(33(31,32)21-10-5-9-20(17-21)27(28,29)30)16-6-8-19-13-14-23-22-11-4-3-7-18(22)12-15-24(23)25(19)26/h3-5,7,9-15,17,19,25H,2,6,8,16H2,1H3. The summed E-state index contributed by atoms with van der Waals surface area (Å²) in [4.78, 5) is -0.239. The van der Waals surface area contributed by atoms with Gasteiger partial charge in [0.1, 0.15) is 0 Å². The minimum Gasteiger partial charge on any atom is -0.223 e. The van der Waals surface area contributed by atoms with Crippen LogP contribution in [0.5, 0.6) is 0 Å². The normalized spacial score (nSPS) is 25.0. The van der Waals surface area contributed by atoms with Crippen LogP contribution in [-0.4, -0.2) is 13.2 Å². The van der Waals surface area contributed by atoms with E-state index in [1.54, 1.807) is 0 Å². The van der Waals surface area contributed by atoms with E-state index in [0.717, 1.165) is 46.9 Å². The van der Waals surface area contributed by atoms with E-state index >= 15 is 0 Å². The van der Waals surface area contributed by atoms with E-state index < -0.39 is 26.3 Å². The van der Waals surface area contributed by atoms with Gasteiger partial charge >= 0.3 is 6.18 Å². The average Bonchev–Trinajstić information content (AvgIpc) is 2.82. The molecule has 172 valence electrons. The van der Waals surface area contributed by atoms with Crippen molar-refractivity contribution in [2.45, 2.75) is 54.3 Å². The van der Waals surface area contributed by atoms with E-state index in [1.165, 1.54) is 12.1 Å². The molecule has 0 heterocycles. The van der Waals surface area contributed by atoms with E-state index in [1.807, 2.05) is 43.3 Å². The van der Waals surface area contributed by atoms with Crippen molar-refractivity contribution in [3.63, 3.8) is 0 Å². The SMILES string of the molecule is CCC1(S(=O)(=O)c2cccc(C(F)(F)F)c2)CCCC2C=Cc3c(ccc4ccccc34)C21. The zero-order valence-corrected chi connectivity index (χ0v) is 19.1. The van der Waals surface area contributed by atoms with Gasteiger partial charge in [0.2, 0.25) is 0 Å². The van der Waals surface area contributed by atoms with Crippen molar-refractivity contribution in [2.24, 2.45) is 5.92 Å². The molecule has 0 radical (unpaired) electrons. The molecule has 0 N–H and O–H groups in total. The lowest BCUT2D eigenvalue weighted by Gasteiger charge is -2.48. The highest BCUT2D eigenvalue weighted by molar-refractivity contribution is 7.93. The zero-order chi connectivity index (χ0) is 23.4. The number of rotatable bonds is 3. The number of sulfone groups is 1. The van der Waals surface area contributed by atoms with Crippen molar-refractivity contribution in [3.8, 4) is 0 Å². The summed E-state index contributed by atoms with van der Waals surface area (Å²) in [5, 5.41) is 2.15. The molecule has 0 saturated heterocycles. The van der Waals surface area contributed by atoms with Crippen LogP contribution in [-0.2, 0) is 16.0 Å². The fraction of sp³-hybridized carbons (Fsp3) is 0.333. The summed E-state index contributed by atoms with van der Waals surface area (Å²) >= 11 is 0. The first-order valence-corrected chi connectivity index (χ1v) is 12.8. The number of alkyl halides is 3. The van der Waals surface area contributed by atoms with Gasteiger partial charge in [-0.3, -0.25) is 0 Å². The van der Waals surface area contributed by atoms with Gasteiger partial charge in [0.25, 0.3) is 0 Å². The quantitative estimate of drug-likeness (QED) is 0.400. The van der Waals surface area contributed by atoms with E-state index in [9.17, 15) is 21.6 Å². The van der Waals surface area contributed by atoms with Gasteiger partial charge in [-0.25, -0.2) is 8.42 Å². The lowest BCUT2D eigenvalue weighted by molar-refractivity contribution is -0.137. The first-order chi connectivity index (χ1) is 15.7. The van der Waals surface area contributed by atoms with Crippen molar-refractivity contribution in [3.05, 3.63) is 83.4 Å². The van der Waals surface area contributed by atoms with Crippen LogP contribution in [0.4, 0.5) is 13.2 Å². The minimum absolute atomic E-state index is 0.0351. The number of hydrogen-bond donors (Lipinski definition) is 0. The van der Waals surface area contributed by atoms with Gasteiger partial charge in [0.15, 0.2) is 9.84 Å². The third kappa shape index (κ3) is 3.33. The predicted molar refractivity (Wildman–Crippen MR) is 125 cm³/mol. The second-order valence-electron chi connectivity index (χ2n) is 9.13. The number of hydrogen-bond acceptors (Lipinski definition) is 2. The van der Waals surface area contributed by atoms with Gasteiger partial charge in [-0.05, 0) is 65.3 Å². The molecule has 3 aromatic rings. The lowest BCUT2D eigenvalue weighted by Crippen LogP contribution is -2.49. The Hall–Kier alpha value is -2.60. The molecule has 6 heteroatoms. The maximum atomic E-state index is 14.2. The first-order valence-electron chi connectivity index (χ1n) is 11.3. The van der Waals surface area contributed by atoms with Crippen molar-refractivity contribution < 1.29 is 21.6 Å². The Kier molecular flexibility index (Phi) is 5.20. The van der Waals surface area contributed by atoms with Gasteiger partial charge in [-0.15, -0.1) is 0 Å². The second-order valence-corrected chi connectivity index (χ2v) is 11.4. The Labute approximate surface area is 192 Å². The maximum absolute atomic E-state index is 14.2. The number of fused-ring (bicyclic) bond motifs is 5. The van der Waals surface area contributed by atoms with Crippen LogP contribution in [0.2, 0.25) is 0 Å². The Morgan fingerprint density at radius 1 is 1.03 bits per heavy atom. The van der Waals surface area contributed by atoms with Crippen molar-refractivity contribution in [1.29, 1.82) is 0 Å². The topological polar surface area (TPSA) is 34.1 Å². The maximum Gasteiger partial charge on any atom is 0.416 e. The molecule has 0 bridgehead atoms. The molecule has 0 aromatic heterocycles. The van der Waals surface area contributed by atoms with Crippen LogP contribution in [0.25, 0.3) is 16.8 Å². The molecule has 3 aromatic carbocycles. The number of allylic oxidation sites excluding steroid dienone is 1. The molecular weight excluding hydrogens is 445 g/mol. The van der Waals surface area contributed by atoms with Crippen molar-refractivity contribution >= 4 is 26.7 Å². The monoisotopic (exact) mass is 470 g/mol. The highest BCUT2D eigenvalue weighted by atomic mass is 32.2. The molecule has 2 nitrogen and oxygen atoms in total. The molecule has 2 aliphatic carbocycles. The molecule has 3 unspecified atom stereocenters. The molecule has 0 aliphatic heterocycles. The zero-order valence-electron chi connectivity index (χ0n) is 18.3. The summed E-state index contributed by atoms with van der Waals surface area (Å²) in [6.07, 6.45) is 1.98. The van der Waals surface area contributed by atoms with Crippen LogP contribution < -0.4 is 0 Å². The molecule has 1 fully saturated rings. The van der Waals surface area contributed by atoms with E-state index in [4.69, 9.17) is 0 Å². The van der Waals surface area contributed by atoms with Crippen LogP contribution in [0.3, 0.4) is 0 Å². The van der Waals surface area contributed by atoms with Crippen LogP contribution in [0.1, 0.15) is 55.2 Å². The molecule has 0 amide bonds. The van der Waals surface area contributed by atoms with Crippen molar-refractivity contribution in [1.82, 2.24) is 0 Å². The van der Waals surface area contributed by atoms with E-state index in [-0.39, 0.29) is 16.7 Å². The van der Waals surface area contributed by atoms with E-state index in [0.29, 0.717) is 12.8 Å². The highest BCUT2D eigenvalue weighted by Gasteiger charge is 2.55. The van der Waals surface area contributed by atoms with Gasteiger partial charge in [0, 0.05) is 5.92 Å². The molecule has 0 spiro atoms. The summed E-state index contributed by atoms with van der Waals surface area (Å²) in [7, 11) is -4.06. The van der Waals surface area contributed by atoms with E-state index in [2.05, 4.69) is 12.2 Å². The smallest absolute Gasteiger partial charge is 0.223 e. The summed E-state index contributed by atoms with van der Waals surface area (Å²) in [6, 6.07) is 16.3. The molecule has 2 aliphatic rings. The molecule has 3 atom stereocenters. The van der Waals surface area contributed by atoms with Gasteiger partial charge in [0.05, 0.1) is 15.2 Å². The third-order valence-electron chi connectivity index (χ3n) is 7.59. The molecule has 1 saturated carbocycles. The summed E-state index contributed by atoms with van der Waals surface area (Å²) in [6.45, 7) is 1.85. The highest BCUT2D eigenvalue weighted by Crippen LogP contribution is 2.56. The Morgan fingerprint density at radius 3 is 2.58 bits per heavy atom. The number of benzene rings is 3. The largest absolute Gasteiger partial charge is 0.416 e. The predicted octanol–water partition coefficient (Wildman–Crippen LogP) is 7.39. The van der Waals surface area contributed by atoms with Crippen molar-refractivity contribution in [2.75, 3.05) is 0 Å². The fourth-order valence-corrected chi connectivity index (χ4v) is 8.46. The van der Waals surface area contributed by atoms with Crippen LogP contribution >= 0.6 is 0 Å². The van der Waals surface area contributed by atoms with Gasteiger partial charge < -0.3 is 0 Å². The summed E-state index contributed by atoms with van der Waals surface area (Å²) < 4.78 is 67.3. The van der Waals surface area contributed by atoms with Crippen LogP contribution in [0, 0.1) is 5.92 Å². The Balaban J connectivity index is 1.72. The second kappa shape index (κ2) is 7.73. The average molecular weight is 471 g/mol. The molecular formula is C27H25F3O2S. The minimum atomic E-state index is -4.60. The fourth-order valence-electron chi connectivity index (χ4n) is 6.02. The first kappa shape index (κ1) is 22.2. The van der Waals surface area contributed by atoms with Crippen LogP contribution in [0.15, 0.2) is 71.6 Å². The summed E-state index contributed by atoms with van der Waals surface area (Å²) in [5.74, 6) is -0.270. The number of halogens is 3. The Bertz CT molecular complexity index is 1360. The van der Waals surface area contributed by atoms with Gasteiger partial charge in [-0.2, -0.15) is 13.2 Å². The van der Waals surface area contributed by atoms with Gasteiger partial charge in [-0.1, -0.05) is 68.0 Å². The molecule has 33 heavy (non-hydrogen) atoms.